The van der Waals surface area contributed by atoms with Crippen molar-refractivity contribution < 1.29 is 4.52 Å². The summed E-state index contributed by atoms with van der Waals surface area (Å²) < 4.78 is 7.51. The number of nitrogens with one attached hydrogen (secondary N) is 1. The standard InChI is InChI=1S/C15H23N5OS/c1-16-9-14-17-18-15(20(14)2)22-10-12-8-13(19-21-12)11-6-4-3-5-7-11/h8,11,16H,3-7,9-10H2,1-2H3. The highest BCUT2D eigenvalue weighted by Crippen LogP contribution is 2.33. The van der Waals surface area contributed by atoms with Crippen molar-refractivity contribution in [3.8, 4) is 0 Å². The second kappa shape index (κ2) is 7.28. The summed E-state index contributed by atoms with van der Waals surface area (Å²) in [5.41, 5.74) is 1.13. The van der Waals surface area contributed by atoms with E-state index in [1.807, 2.05) is 18.7 Å². The Bertz CT molecular complexity index is 603. The Morgan fingerprint density at radius 1 is 1.32 bits per heavy atom. The van der Waals surface area contributed by atoms with Crippen molar-refractivity contribution in [3.63, 3.8) is 0 Å². The van der Waals surface area contributed by atoms with E-state index in [0.717, 1.165) is 34.7 Å². The van der Waals surface area contributed by atoms with Crippen molar-refractivity contribution in [1.82, 2.24) is 25.2 Å². The van der Waals surface area contributed by atoms with Gasteiger partial charge in [-0.25, -0.2) is 0 Å². The maximum absolute atomic E-state index is 5.49. The van der Waals surface area contributed by atoms with Gasteiger partial charge in [0.25, 0.3) is 0 Å². The average Bonchev–Trinajstić information content (AvgIpc) is 3.15. The highest BCUT2D eigenvalue weighted by molar-refractivity contribution is 7.98. The molecule has 1 aliphatic rings. The zero-order valence-corrected chi connectivity index (χ0v) is 14.0. The lowest BCUT2D eigenvalue weighted by Crippen LogP contribution is -2.10. The molecule has 1 aliphatic carbocycles. The minimum atomic E-state index is 0.591. The molecular formula is C15H23N5OS. The van der Waals surface area contributed by atoms with E-state index < -0.39 is 0 Å². The van der Waals surface area contributed by atoms with Crippen molar-refractivity contribution in [1.29, 1.82) is 0 Å². The predicted molar refractivity (Wildman–Crippen MR) is 85.7 cm³/mol. The van der Waals surface area contributed by atoms with Crippen molar-refractivity contribution in [3.05, 3.63) is 23.3 Å². The molecule has 0 saturated heterocycles. The van der Waals surface area contributed by atoms with Crippen LogP contribution in [0.2, 0.25) is 0 Å². The largest absolute Gasteiger partial charge is 0.360 e. The number of aromatic nitrogens is 4. The fourth-order valence-corrected chi connectivity index (χ4v) is 3.71. The van der Waals surface area contributed by atoms with E-state index in [4.69, 9.17) is 4.52 Å². The molecular weight excluding hydrogens is 298 g/mol. The Morgan fingerprint density at radius 3 is 2.91 bits per heavy atom. The number of hydrogen-bond donors (Lipinski definition) is 1. The van der Waals surface area contributed by atoms with Gasteiger partial charge in [-0.2, -0.15) is 0 Å². The van der Waals surface area contributed by atoms with Gasteiger partial charge in [-0.05, 0) is 19.9 Å². The van der Waals surface area contributed by atoms with Crippen LogP contribution in [0.25, 0.3) is 0 Å². The summed E-state index contributed by atoms with van der Waals surface area (Å²) in [6.45, 7) is 0.720. The normalized spacial score (nSPS) is 16.3. The van der Waals surface area contributed by atoms with Crippen LogP contribution in [0.15, 0.2) is 15.7 Å². The topological polar surface area (TPSA) is 68.8 Å². The molecule has 2 heterocycles. The molecule has 0 radical (unpaired) electrons. The first-order valence-corrected chi connectivity index (χ1v) is 8.87. The minimum absolute atomic E-state index is 0.591. The van der Waals surface area contributed by atoms with Crippen LogP contribution >= 0.6 is 11.8 Å². The van der Waals surface area contributed by atoms with Gasteiger partial charge < -0.3 is 14.4 Å². The Balaban J connectivity index is 1.58. The average molecular weight is 321 g/mol. The quantitative estimate of drug-likeness (QED) is 0.825. The minimum Gasteiger partial charge on any atom is -0.360 e. The molecule has 0 spiro atoms. The van der Waals surface area contributed by atoms with Crippen molar-refractivity contribution in [2.45, 2.75) is 55.5 Å². The lowest BCUT2D eigenvalue weighted by molar-refractivity contribution is 0.365. The van der Waals surface area contributed by atoms with Crippen LogP contribution in [0, 0.1) is 0 Å². The van der Waals surface area contributed by atoms with Gasteiger partial charge in [-0.3, -0.25) is 0 Å². The summed E-state index contributed by atoms with van der Waals surface area (Å²) >= 11 is 1.63. The van der Waals surface area contributed by atoms with E-state index in [0.29, 0.717) is 5.92 Å². The molecule has 2 aromatic rings. The predicted octanol–water partition coefficient (Wildman–Crippen LogP) is 2.86. The molecule has 120 valence electrons. The fourth-order valence-electron chi connectivity index (χ4n) is 2.91. The van der Waals surface area contributed by atoms with Crippen LogP contribution in [0.1, 0.15) is 55.3 Å². The van der Waals surface area contributed by atoms with Crippen LogP contribution in [0.3, 0.4) is 0 Å². The molecule has 0 amide bonds. The van der Waals surface area contributed by atoms with Crippen LogP contribution in [0.4, 0.5) is 0 Å². The van der Waals surface area contributed by atoms with Gasteiger partial charge in [0.05, 0.1) is 18.0 Å². The van der Waals surface area contributed by atoms with Crippen molar-refractivity contribution >= 4 is 11.8 Å². The first-order chi connectivity index (χ1) is 10.8. The summed E-state index contributed by atoms with van der Waals surface area (Å²) in [4.78, 5) is 0. The van der Waals surface area contributed by atoms with E-state index in [-0.39, 0.29) is 0 Å². The van der Waals surface area contributed by atoms with E-state index in [9.17, 15) is 0 Å². The van der Waals surface area contributed by atoms with Gasteiger partial charge in [-0.15, -0.1) is 10.2 Å². The molecule has 2 aromatic heterocycles. The SMILES string of the molecule is CNCc1nnc(SCc2cc(C3CCCCC3)no2)n1C. The van der Waals surface area contributed by atoms with E-state index in [1.54, 1.807) is 11.8 Å². The molecule has 1 N–H and O–H groups in total. The summed E-state index contributed by atoms with van der Waals surface area (Å²) in [6, 6.07) is 2.12. The van der Waals surface area contributed by atoms with Crippen molar-refractivity contribution in [2.24, 2.45) is 7.05 Å². The summed E-state index contributed by atoms with van der Waals surface area (Å²) in [5, 5.41) is 16.7. The molecule has 7 heteroatoms. The Labute approximate surface area is 135 Å². The third kappa shape index (κ3) is 3.52. The monoisotopic (exact) mass is 321 g/mol. The maximum Gasteiger partial charge on any atom is 0.191 e. The first-order valence-electron chi connectivity index (χ1n) is 7.89. The number of rotatable bonds is 6. The summed E-state index contributed by atoms with van der Waals surface area (Å²) in [7, 11) is 3.89. The Kier molecular flexibility index (Phi) is 5.15. The van der Waals surface area contributed by atoms with E-state index in [2.05, 4.69) is 26.7 Å². The maximum atomic E-state index is 5.49. The van der Waals surface area contributed by atoms with Gasteiger partial charge in [0.15, 0.2) is 5.16 Å². The summed E-state index contributed by atoms with van der Waals surface area (Å²) in [6.07, 6.45) is 6.48. The lowest BCUT2D eigenvalue weighted by Gasteiger charge is -2.18. The van der Waals surface area contributed by atoms with Gasteiger partial charge >= 0.3 is 0 Å². The zero-order valence-electron chi connectivity index (χ0n) is 13.2. The molecule has 0 aromatic carbocycles. The second-order valence-corrected chi connectivity index (χ2v) is 6.77. The molecule has 1 fully saturated rings. The first kappa shape index (κ1) is 15.6. The zero-order chi connectivity index (χ0) is 15.4. The highest BCUT2D eigenvalue weighted by Gasteiger charge is 2.19. The van der Waals surface area contributed by atoms with Gasteiger partial charge in [-0.1, -0.05) is 36.2 Å². The molecule has 0 bridgehead atoms. The van der Waals surface area contributed by atoms with Crippen LogP contribution < -0.4 is 5.32 Å². The third-order valence-electron chi connectivity index (χ3n) is 4.20. The molecule has 3 rings (SSSR count). The molecule has 6 nitrogen and oxygen atoms in total. The highest BCUT2D eigenvalue weighted by atomic mass is 32.2. The second-order valence-electron chi connectivity index (χ2n) is 5.83. The lowest BCUT2D eigenvalue weighted by atomic mass is 9.87. The Morgan fingerprint density at radius 2 is 2.14 bits per heavy atom. The number of nitrogens with zero attached hydrogens (tertiary/aromatic N) is 4. The molecule has 1 saturated carbocycles. The summed E-state index contributed by atoms with van der Waals surface area (Å²) in [5.74, 6) is 3.19. The van der Waals surface area contributed by atoms with E-state index in [1.165, 1.54) is 32.1 Å². The number of hydrogen-bond acceptors (Lipinski definition) is 6. The smallest absolute Gasteiger partial charge is 0.191 e. The third-order valence-corrected chi connectivity index (χ3v) is 5.25. The van der Waals surface area contributed by atoms with Crippen LogP contribution in [-0.2, 0) is 19.3 Å². The fraction of sp³-hybridized carbons (Fsp3) is 0.667. The van der Waals surface area contributed by atoms with Crippen LogP contribution in [0.5, 0.6) is 0 Å². The molecule has 0 unspecified atom stereocenters. The number of thioether (sulfide) groups is 1. The van der Waals surface area contributed by atoms with Gasteiger partial charge in [0.2, 0.25) is 0 Å². The van der Waals surface area contributed by atoms with Gasteiger partial charge in [0.1, 0.15) is 11.6 Å². The van der Waals surface area contributed by atoms with Crippen LogP contribution in [-0.4, -0.2) is 27.0 Å². The van der Waals surface area contributed by atoms with E-state index >= 15 is 0 Å². The molecule has 0 atom stereocenters. The Hall–Kier alpha value is -1.34. The molecule has 0 aliphatic heterocycles. The molecule has 22 heavy (non-hydrogen) atoms. The van der Waals surface area contributed by atoms with Crippen molar-refractivity contribution in [2.75, 3.05) is 7.05 Å². The van der Waals surface area contributed by atoms with Gasteiger partial charge in [0, 0.05) is 19.0 Å².